The summed E-state index contributed by atoms with van der Waals surface area (Å²) in [5, 5.41) is -0.289. The normalized spacial score (nSPS) is 14.9. The summed E-state index contributed by atoms with van der Waals surface area (Å²) in [5.41, 5.74) is 2.13. The molecule has 5 nitrogen and oxygen atoms in total. The van der Waals surface area contributed by atoms with Crippen molar-refractivity contribution in [1.82, 2.24) is 4.90 Å². The summed E-state index contributed by atoms with van der Waals surface area (Å²) in [4.78, 5) is 38.9. The number of nitrogens with zero attached hydrogens (tertiary/aromatic N) is 1. The van der Waals surface area contributed by atoms with E-state index in [1.807, 2.05) is 42.5 Å². The minimum Gasteiger partial charge on any atom is -0.423 e. The van der Waals surface area contributed by atoms with Crippen molar-refractivity contribution in [3.8, 4) is 5.75 Å². The number of amides is 2. The lowest BCUT2D eigenvalue weighted by molar-refractivity contribution is -0.123. The molecule has 0 unspecified atom stereocenters. The SMILES string of the molecule is O=C(Oc1ccc(/C=C2\SC(=O)N(Cc3ccccc3)C2=O)cc1)c1ccccc1I. The maximum atomic E-state index is 12.7. The third-order valence-corrected chi connectivity index (χ3v) is 6.39. The lowest BCUT2D eigenvalue weighted by atomic mass is 10.2. The molecule has 1 saturated heterocycles. The van der Waals surface area contributed by atoms with Gasteiger partial charge in [-0.25, -0.2) is 4.79 Å². The number of thioether (sulfide) groups is 1. The van der Waals surface area contributed by atoms with Crippen molar-refractivity contribution in [3.05, 3.63) is 104 Å². The molecule has 2 amide bonds. The molecule has 0 aliphatic carbocycles. The van der Waals surface area contributed by atoms with E-state index in [-0.39, 0.29) is 17.7 Å². The van der Waals surface area contributed by atoms with E-state index >= 15 is 0 Å². The number of halogens is 1. The molecule has 0 aromatic heterocycles. The molecular weight excluding hydrogens is 525 g/mol. The van der Waals surface area contributed by atoms with Crippen LogP contribution >= 0.6 is 34.4 Å². The lowest BCUT2D eigenvalue weighted by Crippen LogP contribution is -2.27. The van der Waals surface area contributed by atoms with Gasteiger partial charge < -0.3 is 4.74 Å². The van der Waals surface area contributed by atoms with Crippen LogP contribution in [0.25, 0.3) is 6.08 Å². The predicted molar refractivity (Wildman–Crippen MR) is 129 cm³/mol. The van der Waals surface area contributed by atoms with Gasteiger partial charge in [-0.1, -0.05) is 54.6 Å². The molecule has 4 rings (SSSR count). The van der Waals surface area contributed by atoms with E-state index in [9.17, 15) is 14.4 Å². The number of hydrogen-bond acceptors (Lipinski definition) is 5. The molecule has 0 atom stereocenters. The molecule has 3 aromatic rings. The number of rotatable bonds is 5. The van der Waals surface area contributed by atoms with Crippen molar-refractivity contribution in [1.29, 1.82) is 0 Å². The van der Waals surface area contributed by atoms with Crippen LogP contribution in [0, 0.1) is 3.57 Å². The minimum atomic E-state index is -0.431. The summed E-state index contributed by atoms with van der Waals surface area (Å²) in [6.07, 6.45) is 1.67. The molecule has 0 spiro atoms. The zero-order valence-corrected chi connectivity index (χ0v) is 19.1. The number of ether oxygens (including phenoxy) is 1. The van der Waals surface area contributed by atoms with Crippen LogP contribution in [0.1, 0.15) is 21.5 Å². The first-order chi connectivity index (χ1) is 15.0. The molecule has 0 radical (unpaired) electrons. The maximum absolute atomic E-state index is 12.7. The Morgan fingerprint density at radius 2 is 1.61 bits per heavy atom. The fraction of sp³-hybridized carbons (Fsp3) is 0.0417. The standard InChI is InChI=1S/C24H16INO4S/c25-20-9-5-4-8-19(20)23(28)30-18-12-10-16(11-13-18)14-21-22(27)26(24(29)31-21)15-17-6-2-1-3-7-17/h1-14H,15H2/b21-14-. The second-order valence-corrected chi connectivity index (χ2v) is 8.85. The number of hydrogen-bond donors (Lipinski definition) is 0. The van der Waals surface area contributed by atoms with E-state index in [0.717, 1.165) is 26.5 Å². The van der Waals surface area contributed by atoms with Crippen molar-refractivity contribution < 1.29 is 19.1 Å². The first-order valence-corrected chi connectivity index (χ1v) is 11.3. The van der Waals surface area contributed by atoms with E-state index in [0.29, 0.717) is 16.2 Å². The van der Waals surface area contributed by atoms with Crippen molar-refractivity contribution in [3.63, 3.8) is 0 Å². The molecule has 31 heavy (non-hydrogen) atoms. The van der Waals surface area contributed by atoms with Gasteiger partial charge in [-0.05, 0) is 75.8 Å². The molecule has 3 aromatic carbocycles. The summed E-state index contributed by atoms with van der Waals surface area (Å²) in [7, 11) is 0. The molecule has 0 saturated carbocycles. The largest absolute Gasteiger partial charge is 0.423 e. The maximum Gasteiger partial charge on any atom is 0.344 e. The second kappa shape index (κ2) is 9.49. The van der Waals surface area contributed by atoms with E-state index in [2.05, 4.69) is 22.6 Å². The van der Waals surface area contributed by atoms with Gasteiger partial charge in [0.1, 0.15) is 5.75 Å². The van der Waals surface area contributed by atoms with Crippen LogP contribution in [0.3, 0.4) is 0 Å². The Hall–Kier alpha value is -2.91. The average Bonchev–Trinajstić information content (AvgIpc) is 3.03. The zero-order valence-electron chi connectivity index (χ0n) is 16.2. The summed E-state index contributed by atoms with van der Waals surface area (Å²) >= 11 is 3.01. The molecule has 7 heteroatoms. The van der Waals surface area contributed by atoms with E-state index in [4.69, 9.17) is 4.74 Å². The Morgan fingerprint density at radius 1 is 0.935 bits per heavy atom. The third kappa shape index (κ3) is 5.05. The van der Waals surface area contributed by atoms with E-state index in [1.54, 1.807) is 42.5 Å². The second-order valence-electron chi connectivity index (χ2n) is 6.69. The third-order valence-electron chi connectivity index (χ3n) is 4.54. The summed E-state index contributed by atoms with van der Waals surface area (Å²) < 4.78 is 6.24. The predicted octanol–water partition coefficient (Wildman–Crippen LogP) is 5.75. The van der Waals surface area contributed by atoms with Crippen LogP contribution in [0.2, 0.25) is 0 Å². The van der Waals surface area contributed by atoms with Crippen LogP contribution in [0.15, 0.2) is 83.8 Å². The van der Waals surface area contributed by atoms with Crippen molar-refractivity contribution in [2.24, 2.45) is 0 Å². The molecule has 0 bridgehead atoms. The number of imide groups is 1. The van der Waals surface area contributed by atoms with Gasteiger partial charge in [-0.15, -0.1) is 0 Å². The monoisotopic (exact) mass is 541 g/mol. The van der Waals surface area contributed by atoms with Crippen LogP contribution in [-0.4, -0.2) is 22.0 Å². The Labute approximate surface area is 197 Å². The van der Waals surface area contributed by atoms with Gasteiger partial charge in [-0.3, -0.25) is 14.5 Å². The topological polar surface area (TPSA) is 63.7 Å². The summed E-state index contributed by atoms with van der Waals surface area (Å²) in [6.45, 7) is 0.246. The molecule has 1 fully saturated rings. The molecule has 0 N–H and O–H groups in total. The highest BCUT2D eigenvalue weighted by atomic mass is 127. The highest BCUT2D eigenvalue weighted by Crippen LogP contribution is 2.33. The van der Waals surface area contributed by atoms with Crippen molar-refractivity contribution in [2.45, 2.75) is 6.54 Å². The first-order valence-electron chi connectivity index (χ1n) is 9.37. The van der Waals surface area contributed by atoms with Crippen LogP contribution in [0.5, 0.6) is 5.75 Å². The smallest absolute Gasteiger partial charge is 0.344 e. The van der Waals surface area contributed by atoms with Crippen LogP contribution in [0.4, 0.5) is 4.79 Å². The Morgan fingerprint density at radius 3 is 2.32 bits per heavy atom. The quantitative estimate of drug-likeness (QED) is 0.178. The lowest BCUT2D eigenvalue weighted by Gasteiger charge is -2.12. The Bertz CT molecular complexity index is 1180. The number of carbonyl (C=O) groups is 3. The Balaban J connectivity index is 1.44. The van der Waals surface area contributed by atoms with Gasteiger partial charge in [0.2, 0.25) is 0 Å². The fourth-order valence-corrected chi connectivity index (χ4v) is 4.42. The van der Waals surface area contributed by atoms with Crippen molar-refractivity contribution in [2.75, 3.05) is 0 Å². The molecular formula is C24H16INO4S. The number of carbonyl (C=O) groups excluding carboxylic acids is 3. The van der Waals surface area contributed by atoms with Gasteiger partial charge in [-0.2, -0.15) is 0 Å². The molecule has 154 valence electrons. The van der Waals surface area contributed by atoms with E-state index < -0.39 is 5.97 Å². The van der Waals surface area contributed by atoms with Crippen LogP contribution < -0.4 is 4.74 Å². The highest BCUT2D eigenvalue weighted by molar-refractivity contribution is 14.1. The number of esters is 1. The van der Waals surface area contributed by atoms with Gasteiger partial charge in [0.05, 0.1) is 17.0 Å². The van der Waals surface area contributed by atoms with Crippen LogP contribution in [-0.2, 0) is 11.3 Å². The van der Waals surface area contributed by atoms with Gasteiger partial charge in [0.15, 0.2) is 0 Å². The summed E-state index contributed by atoms with van der Waals surface area (Å²) in [6, 6.07) is 23.4. The molecule has 1 heterocycles. The average molecular weight is 541 g/mol. The fourth-order valence-electron chi connectivity index (χ4n) is 2.97. The Kier molecular flexibility index (Phi) is 6.53. The molecule has 1 aliphatic heterocycles. The molecule has 1 aliphatic rings. The summed E-state index contributed by atoms with van der Waals surface area (Å²) in [5.74, 6) is -0.341. The highest BCUT2D eigenvalue weighted by Gasteiger charge is 2.34. The first kappa shape index (κ1) is 21.3. The van der Waals surface area contributed by atoms with E-state index in [1.165, 1.54) is 4.90 Å². The zero-order chi connectivity index (χ0) is 21.8. The minimum absolute atomic E-state index is 0.246. The van der Waals surface area contributed by atoms with Crippen molar-refractivity contribution >= 4 is 57.5 Å². The van der Waals surface area contributed by atoms with Gasteiger partial charge >= 0.3 is 5.97 Å². The van der Waals surface area contributed by atoms with Gasteiger partial charge in [0.25, 0.3) is 11.1 Å². The number of benzene rings is 3. The van der Waals surface area contributed by atoms with Gasteiger partial charge in [0, 0.05) is 3.57 Å².